The topological polar surface area (TPSA) is 210 Å². The summed E-state index contributed by atoms with van der Waals surface area (Å²) in [6, 6.07) is -0.0883. The molecule has 0 saturated heterocycles. The zero-order valence-corrected chi connectivity index (χ0v) is 21.4. The number of carboxylic acid groups (broad SMARTS) is 1. The van der Waals surface area contributed by atoms with Crippen molar-refractivity contribution in [2.24, 2.45) is 17.6 Å². The van der Waals surface area contributed by atoms with Crippen LogP contribution in [0.5, 0.6) is 0 Å². The van der Waals surface area contributed by atoms with Gasteiger partial charge in [-0.1, -0.05) is 34.1 Å². The number of hydrogen-bond acceptors (Lipinski definition) is 7. The zero-order chi connectivity index (χ0) is 28.1. The van der Waals surface area contributed by atoms with Gasteiger partial charge in [0.15, 0.2) is 0 Å². The quantitative estimate of drug-likeness (QED) is 0.165. The van der Waals surface area contributed by atoms with Gasteiger partial charge in [0.25, 0.3) is 5.91 Å². The Bertz CT molecular complexity index is 970. The summed E-state index contributed by atoms with van der Waals surface area (Å²) in [6.45, 7) is 6.42. The Hall–Kier alpha value is -4.03. The van der Waals surface area contributed by atoms with Crippen LogP contribution in [-0.4, -0.2) is 70.3 Å². The first kappa shape index (κ1) is 31.0. The number of ketones is 1. The van der Waals surface area contributed by atoms with Crippen molar-refractivity contribution in [3.8, 4) is 0 Å². The van der Waals surface area contributed by atoms with Gasteiger partial charge in [0.2, 0.25) is 23.5 Å². The number of rotatable bonds is 15. The monoisotopic (exact) mass is 520 g/mol. The van der Waals surface area contributed by atoms with E-state index in [0.717, 1.165) is 0 Å². The van der Waals surface area contributed by atoms with Crippen LogP contribution in [0.1, 0.15) is 46.1 Å². The van der Waals surface area contributed by atoms with Crippen LogP contribution in [0, 0.1) is 11.8 Å². The van der Waals surface area contributed by atoms with Gasteiger partial charge in [0.1, 0.15) is 12.1 Å². The van der Waals surface area contributed by atoms with Gasteiger partial charge in [-0.15, -0.1) is 0 Å². The first-order chi connectivity index (χ1) is 17.3. The van der Waals surface area contributed by atoms with E-state index in [9.17, 15) is 28.8 Å². The van der Waals surface area contributed by atoms with Crippen molar-refractivity contribution in [1.29, 1.82) is 0 Å². The predicted octanol–water partition coefficient (Wildman–Crippen LogP) is -0.507. The number of primary amides is 1. The summed E-state index contributed by atoms with van der Waals surface area (Å²) in [5.74, 6) is -4.84. The molecule has 1 aromatic rings. The Morgan fingerprint density at radius 3 is 2.11 bits per heavy atom. The smallest absolute Gasteiger partial charge is 0.405 e. The van der Waals surface area contributed by atoms with Crippen LogP contribution in [0.4, 0.5) is 4.79 Å². The Labute approximate surface area is 215 Å². The van der Waals surface area contributed by atoms with Crippen molar-refractivity contribution < 1.29 is 33.9 Å². The Morgan fingerprint density at radius 1 is 0.973 bits per heavy atom. The normalized spacial score (nSPS) is 14.0. The highest BCUT2D eigenvalue weighted by Crippen LogP contribution is 2.11. The van der Waals surface area contributed by atoms with Crippen LogP contribution in [0.2, 0.25) is 0 Å². The summed E-state index contributed by atoms with van der Waals surface area (Å²) in [4.78, 5) is 77.1. The predicted molar refractivity (Wildman–Crippen MR) is 133 cm³/mol. The van der Waals surface area contributed by atoms with Crippen molar-refractivity contribution in [2.45, 2.75) is 65.1 Å². The third kappa shape index (κ3) is 11.1. The van der Waals surface area contributed by atoms with Crippen molar-refractivity contribution >= 4 is 35.5 Å². The fourth-order valence-electron chi connectivity index (χ4n) is 3.42. The lowest BCUT2D eigenvalue weighted by Crippen LogP contribution is -2.56. The second-order valence-corrected chi connectivity index (χ2v) is 9.13. The number of Topliss-reactive ketones (excluding diaryl/α,β-unsaturated/α-hetero) is 1. The SMILES string of the molecule is CC[C@H](C)C(NC(=O)[C@H](CC(C)C)NC(=O)O)C(=O)C(=O)NCC(=O)NC(Cc1ccncc1)C(N)=O. The van der Waals surface area contributed by atoms with Gasteiger partial charge < -0.3 is 32.1 Å². The largest absolute Gasteiger partial charge is 0.465 e. The maximum Gasteiger partial charge on any atom is 0.405 e. The molecule has 0 aromatic carbocycles. The maximum atomic E-state index is 12.9. The molecule has 204 valence electrons. The molecule has 0 radical (unpaired) electrons. The third-order valence-corrected chi connectivity index (χ3v) is 5.62. The fraction of sp³-hybridized carbons (Fsp3) is 0.542. The Morgan fingerprint density at radius 2 is 1.59 bits per heavy atom. The highest BCUT2D eigenvalue weighted by Gasteiger charge is 2.33. The molecule has 0 fully saturated rings. The average molecular weight is 521 g/mol. The molecule has 0 spiro atoms. The minimum atomic E-state index is -1.39. The van der Waals surface area contributed by atoms with E-state index in [1.165, 1.54) is 12.4 Å². The van der Waals surface area contributed by atoms with Crippen LogP contribution >= 0.6 is 0 Å². The van der Waals surface area contributed by atoms with E-state index in [1.807, 2.05) is 0 Å². The summed E-state index contributed by atoms with van der Waals surface area (Å²) < 4.78 is 0. The summed E-state index contributed by atoms with van der Waals surface area (Å²) in [5, 5.41) is 18.3. The maximum absolute atomic E-state index is 12.9. The molecule has 0 aliphatic rings. The first-order valence-electron chi connectivity index (χ1n) is 11.9. The third-order valence-electron chi connectivity index (χ3n) is 5.62. The lowest BCUT2D eigenvalue weighted by atomic mass is 9.94. The van der Waals surface area contributed by atoms with Crippen molar-refractivity contribution in [1.82, 2.24) is 26.3 Å². The first-order valence-corrected chi connectivity index (χ1v) is 11.9. The Balaban J connectivity index is 2.81. The van der Waals surface area contributed by atoms with Gasteiger partial charge in [-0.3, -0.25) is 29.0 Å². The van der Waals surface area contributed by atoms with Gasteiger partial charge in [-0.25, -0.2) is 4.79 Å². The summed E-state index contributed by atoms with van der Waals surface area (Å²) in [5.41, 5.74) is 6.07. The molecule has 4 atom stereocenters. The van der Waals surface area contributed by atoms with Crippen LogP contribution in [0.15, 0.2) is 24.5 Å². The zero-order valence-electron chi connectivity index (χ0n) is 21.4. The molecule has 2 unspecified atom stereocenters. The number of aromatic nitrogens is 1. The van der Waals surface area contributed by atoms with Gasteiger partial charge >= 0.3 is 6.09 Å². The van der Waals surface area contributed by atoms with E-state index in [1.54, 1.807) is 39.8 Å². The van der Waals surface area contributed by atoms with Gasteiger partial charge in [-0.05, 0) is 36.0 Å². The number of amides is 5. The van der Waals surface area contributed by atoms with Gasteiger partial charge in [-0.2, -0.15) is 0 Å². The van der Waals surface area contributed by atoms with E-state index in [2.05, 4.69) is 26.3 Å². The molecule has 5 amide bonds. The molecule has 13 nitrogen and oxygen atoms in total. The van der Waals surface area contributed by atoms with Crippen LogP contribution < -0.4 is 27.0 Å². The highest BCUT2D eigenvalue weighted by atomic mass is 16.4. The minimum absolute atomic E-state index is 0.0232. The van der Waals surface area contributed by atoms with Gasteiger partial charge in [0, 0.05) is 18.8 Å². The molecule has 1 aromatic heterocycles. The van der Waals surface area contributed by atoms with Crippen molar-refractivity contribution in [3.63, 3.8) is 0 Å². The molecule has 0 aliphatic carbocycles. The molecule has 0 bridgehead atoms. The average Bonchev–Trinajstić information content (AvgIpc) is 2.83. The second-order valence-electron chi connectivity index (χ2n) is 9.13. The molecule has 37 heavy (non-hydrogen) atoms. The van der Waals surface area contributed by atoms with Crippen LogP contribution in [-0.2, 0) is 30.4 Å². The van der Waals surface area contributed by atoms with E-state index in [4.69, 9.17) is 10.8 Å². The Kier molecular flexibility index (Phi) is 12.7. The number of hydrogen-bond donors (Lipinski definition) is 6. The summed E-state index contributed by atoms with van der Waals surface area (Å²) >= 11 is 0. The van der Waals surface area contributed by atoms with Crippen LogP contribution in [0.3, 0.4) is 0 Å². The highest BCUT2D eigenvalue weighted by molar-refractivity contribution is 6.38. The van der Waals surface area contributed by atoms with E-state index >= 15 is 0 Å². The number of carbonyl (C=O) groups is 6. The molecule has 1 rings (SSSR count). The number of carbonyl (C=O) groups excluding carboxylic acids is 5. The number of pyridine rings is 1. The van der Waals surface area contributed by atoms with Crippen molar-refractivity contribution in [3.05, 3.63) is 30.1 Å². The number of nitrogens with zero attached hydrogens (tertiary/aromatic N) is 1. The van der Waals surface area contributed by atoms with Crippen LogP contribution in [0.25, 0.3) is 0 Å². The lowest BCUT2D eigenvalue weighted by Gasteiger charge is -2.26. The standard InChI is InChI=1S/C24H36N6O7/c1-5-14(4)19(30-22(34)17(10-13(2)3)29-24(36)37)20(32)23(35)27-12-18(31)28-16(21(25)33)11-15-6-8-26-9-7-15/h6-9,13-14,16-17,19,29H,5,10-12H2,1-4H3,(H2,25,33)(H,27,35)(H,28,31)(H,30,34)(H,36,37)/t14-,16?,17-,19?/m0/s1. The van der Waals surface area contributed by atoms with E-state index < -0.39 is 66.1 Å². The molecule has 0 saturated carbocycles. The molecular formula is C24H36N6O7. The van der Waals surface area contributed by atoms with Crippen molar-refractivity contribution in [2.75, 3.05) is 6.54 Å². The molecule has 0 aliphatic heterocycles. The van der Waals surface area contributed by atoms with E-state index in [0.29, 0.717) is 12.0 Å². The molecule has 7 N–H and O–H groups in total. The summed E-state index contributed by atoms with van der Waals surface area (Å²) in [6.07, 6.45) is 2.38. The minimum Gasteiger partial charge on any atom is -0.465 e. The molecular weight excluding hydrogens is 484 g/mol. The summed E-state index contributed by atoms with van der Waals surface area (Å²) in [7, 11) is 0. The fourth-order valence-corrected chi connectivity index (χ4v) is 3.42. The number of nitrogens with two attached hydrogens (primary N) is 1. The van der Waals surface area contributed by atoms with E-state index in [-0.39, 0.29) is 18.8 Å². The van der Waals surface area contributed by atoms with Gasteiger partial charge in [0.05, 0.1) is 12.6 Å². The molecule has 13 heteroatoms. The second kappa shape index (κ2) is 15.2. The lowest BCUT2D eigenvalue weighted by molar-refractivity contribution is -0.141. The molecule has 1 heterocycles. The number of nitrogens with one attached hydrogen (secondary N) is 4.